The number of nitrogens with zero attached hydrogens (tertiary/aromatic N) is 2. The van der Waals surface area contributed by atoms with Crippen molar-refractivity contribution in [3.05, 3.63) is 69.8 Å². The van der Waals surface area contributed by atoms with Gasteiger partial charge in [-0.2, -0.15) is 0 Å². The van der Waals surface area contributed by atoms with Gasteiger partial charge in [0.2, 0.25) is 0 Å². The van der Waals surface area contributed by atoms with Gasteiger partial charge in [0.1, 0.15) is 0 Å². The molecule has 2 aromatic heterocycles. The van der Waals surface area contributed by atoms with Gasteiger partial charge in [-0.3, -0.25) is 9.59 Å². The summed E-state index contributed by atoms with van der Waals surface area (Å²) in [6.45, 7) is 1.96. The van der Waals surface area contributed by atoms with Crippen LogP contribution in [0, 0.1) is 6.92 Å². The van der Waals surface area contributed by atoms with Gasteiger partial charge in [-0.1, -0.05) is 36.8 Å². The number of benzene rings is 1. The number of pyridine rings is 1. The van der Waals surface area contributed by atoms with Crippen LogP contribution >= 0.6 is 0 Å². The highest BCUT2D eigenvalue weighted by molar-refractivity contribution is 6.07. The molecule has 1 aliphatic rings. The number of aryl methyl sites for hydroxylation is 3. The number of aromatic nitrogens is 2. The molecule has 1 aromatic carbocycles. The first-order valence-electron chi connectivity index (χ1n) is 9.48. The van der Waals surface area contributed by atoms with Gasteiger partial charge in [-0.15, -0.1) is 0 Å². The van der Waals surface area contributed by atoms with E-state index in [0.717, 1.165) is 30.3 Å². The van der Waals surface area contributed by atoms with Crippen molar-refractivity contribution in [3.8, 4) is 0 Å². The third-order valence-corrected chi connectivity index (χ3v) is 5.78. The Morgan fingerprint density at radius 3 is 2.56 bits per heavy atom. The number of fused-ring (bicyclic) bond motifs is 1. The largest absolute Gasteiger partial charge is 0.349 e. The number of carbonyl (C=O) groups is 1. The molecule has 0 spiro atoms. The molecule has 0 radical (unpaired) electrons. The van der Waals surface area contributed by atoms with E-state index < -0.39 is 0 Å². The van der Waals surface area contributed by atoms with E-state index in [-0.39, 0.29) is 17.5 Å². The Balaban J connectivity index is 1.69. The van der Waals surface area contributed by atoms with Gasteiger partial charge in [-0.05, 0) is 30.9 Å². The Kier molecular flexibility index (Phi) is 4.38. The third kappa shape index (κ3) is 2.97. The van der Waals surface area contributed by atoms with Crippen LogP contribution in [0.5, 0.6) is 0 Å². The van der Waals surface area contributed by atoms with Gasteiger partial charge in [0.15, 0.2) is 0 Å². The minimum Gasteiger partial charge on any atom is -0.349 e. The first-order chi connectivity index (χ1) is 13.0. The number of nitrogens with one attached hydrogen (secondary N) is 1. The van der Waals surface area contributed by atoms with Gasteiger partial charge in [0, 0.05) is 38.4 Å². The second kappa shape index (κ2) is 6.72. The molecule has 2 heterocycles. The fraction of sp³-hybridized carbons (Fsp3) is 0.364. The molecular formula is C22H25N3O2. The summed E-state index contributed by atoms with van der Waals surface area (Å²) in [5.74, 6) is 0.172. The summed E-state index contributed by atoms with van der Waals surface area (Å²) in [7, 11) is 3.61. The summed E-state index contributed by atoms with van der Waals surface area (Å²) in [4.78, 5) is 25.8. The Bertz CT molecular complexity index is 1060. The molecule has 0 unspecified atom stereocenters. The number of hydrogen-bond donors (Lipinski definition) is 1. The fourth-order valence-corrected chi connectivity index (χ4v) is 4.56. The molecule has 1 fully saturated rings. The molecule has 0 saturated heterocycles. The van der Waals surface area contributed by atoms with Crippen molar-refractivity contribution in [2.24, 2.45) is 14.1 Å². The number of rotatable bonds is 3. The summed E-state index contributed by atoms with van der Waals surface area (Å²) < 4.78 is 3.43. The van der Waals surface area contributed by atoms with Crippen LogP contribution in [0.1, 0.15) is 46.7 Å². The van der Waals surface area contributed by atoms with Gasteiger partial charge < -0.3 is 14.5 Å². The Morgan fingerprint density at radius 2 is 1.81 bits per heavy atom. The zero-order valence-corrected chi connectivity index (χ0v) is 16.0. The monoisotopic (exact) mass is 363 g/mol. The zero-order chi connectivity index (χ0) is 19.1. The maximum Gasteiger partial charge on any atom is 0.260 e. The van der Waals surface area contributed by atoms with Crippen molar-refractivity contribution in [1.82, 2.24) is 14.5 Å². The molecule has 4 rings (SSSR count). The average molecular weight is 363 g/mol. The molecule has 0 bridgehead atoms. The maximum absolute atomic E-state index is 13.1. The number of carbonyl (C=O) groups excluding carboxylic acids is 1. The highest BCUT2D eigenvalue weighted by Gasteiger charge is 2.31. The predicted molar refractivity (Wildman–Crippen MR) is 107 cm³/mol. The second-order valence-electron chi connectivity index (χ2n) is 7.63. The van der Waals surface area contributed by atoms with Crippen molar-refractivity contribution in [1.29, 1.82) is 0 Å². The van der Waals surface area contributed by atoms with Crippen molar-refractivity contribution in [3.63, 3.8) is 0 Å². The first kappa shape index (κ1) is 17.6. The summed E-state index contributed by atoms with van der Waals surface area (Å²) in [6, 6.07) is 10.5. The summed E-state index contributed by atoms with van der Waals surface area (Å²) >= 11 is 0. The lowest BCUT2D eigenvalue weighted by molar-refractivity contribution is 0.0936. The zero-order valence-electron chi connectivity index (χ0n) is 16.0. The molecule has 5 nitrogen and oxygen atoms in total. The first-order valence-corrected chi connectivity index (χ1v) is 9.48. The van der Waals surface area contributed by atoms with E-state index in [1.807, 2.05) is 42.9 Å². The van der Waals surface area contributed by atoms with Crippen LogP contribution in [0.2, 0.25) is 0 Å². The predicted octanol–water partition coefficient (Wildman–Crippen LogP) is 3.25. The minimum absolute atomic E-state index is 0.101. The number of hydrogen-bond acceptors (Lipinski definition) is 2. The lowest BCUT2D eigenvalue weighted by Gasteiger charge is -2.21. The van der Waals surface area contributed by atoms with Crippen molar-refractivity contribution in [2.75, 3.05) is 0 Å². The van der Waals surface area contributed by atoms with E-state index in [4.69, 9.17) is 0 Å². The normalized spacial score (nSPS) is 19.5. The third-order valence-electron chi connectivity index (χ3n) is 5.78. The van der Waals surface area contributed by atoms with Gasteiger partial charge in [-0.25, -0.2) is 0 Å². The Hall–Kier alpha value is -2.82. The molecule has 2 atom stereocenters. The van der Waals surface area contributed by atoms with Crippen LogP contribution in [0.4, 0.5) is 0 Å². The van der Waals surface area contributed by atoms with Crippen LogP contribution < -0.4 is 10.9 Å². The highest BCUT2D eigenvalue weighted by atomic mass is 16.2. The fourth-order valence-electron chi connectivity index (χ4n) is 4.56. The lowest BCUT2D eigenvalue weighted by Crippen LogP contribution is -2.36. The van der Waals surface area contributed by atoms with Crippen LogP contribution in [-0.2, 0) is 14.1 Å². The summed E-state index contributed by atoms with van der Waals surface area (Å²) in [5.41, 5.74) is 3.42. The van der Waals surface area contributed by atoms with Gasteiger partial charge >= 0.3 is 0 Å². The van der Waals surface area contributed by atoms with E-state index in [9.17, 15) is 9.59 Å². The lowest BCUT2D eigenvalue weighted by atomic mass is 9.94. The summed E-state index contributed by atoms with van der Waals surface area (Å²) in [6.07, 6.45) is 6.73. The molecular weight excluding hydrogens is 338 g/mol. The Morgan fingerprint density at radius 1 is 1.07 bits per heavy atom. The molecule has 1 aliphatic carbocycles. The van der Waals surface area contributed by atoms with E-state index in [0.29, 0.717) is 16.9 Å². The molecule has 27 heavy (non-hydrogen) atoms. The van der Waals surface area contributed by atoms with Gasteiger partial charge in [0.25, 0.3) is 11.5 Å². The Labute approximate surface area is 158 Å². The summed E-state index contributed by atoms with van der Waals surface area (Å²) in [5, 5.41) is 3.72. The minimum atomic E-state index is -0.156. The van der Waals surface area contributed by atoms with E-state index >= 15 is 0 Å². The SMILES string of the molecule is Cc1cn(C)c(=O)c2c(C(=O)N[C@H]3CCC[C@H]3c3ccccc3)cn(C)c12. The molecule has 3 aromatic rings. The van der Waals surface area contributed by atoms with E-state index in [1.165, 1.54) is 5.56 Å². The smallest absolute Gasteiger partial charge is 0.260 e. The topological polar surface area (TPSA) is 56.0 Å². The molecule has 140 valence electrons. The van der Waals surface area contributed by atoms with Crippen LogP contribution in [0.25, 0.3) is 10.9 Å². The van der Waals surface area contributed by atoms with Crippen molar-refractivity contribution in [2.45, 2.75) is 38.1 Å². The van der Waals surface area contributed by atoms with Crippen LogP contribution in [0.3, 0.4) is 0 Å². The standard InChI is InChI=1S/C22H25N3O2/c1-14-12-25(3)22(27)19-17(13-24(2)20(14)19)21(26)23-18-11-7-10-16(18)15-8-5-4-6-9-15/h4-6,8-9,12-13,16,18H,7,10-11H2,1-3H3,(H,23,26)/t16-,18-/m0/s1. The van der Waals surface area contributed by atoms with Crippen molar-refractivity contribution < 1.29 is 4.79 Å². The van der Waals surface area contributed by atoms with E-state index in [2.05, 4.69) is 17.4 Å². The molecule has 1 amide bonds. The van der Waals surface area contributed by atoms with Gasteiger partial charge in [0.05, 0.1) is 16.5 Å². The molecule has 1 N–H and O–H groups in total. The molecule has 1 saturated carbocycles. The highest BCUT2D eigenvalue weighted by Crippen LogP contribution is 2.35. The van der Waals surface area contributed by atoms with Crippen LogP contribution in [0.15, 0.2) is 47.5 Å². The van der Waals surface area contributed by atoms with Crippen molar-refractivity contribution >= 4 is 16.8 Å². The number of amides is 1. The second-order valence-corrected chi connectivity index (χ2v) is 7.63. The quantitative estimate of drug-likeness (QED) is 0.777. The maximum atomic E-state index is 13.1. The average Bonchev–Trinajstić information content (AvgIpc) is 3.25. The molecule has 0 aliphatic heterocycles. The van der Waals surface area contributed by atoms with E-state index in [1.54, 1.807) is 17.8 Å². The molecule has 5 heteroatoms. The van der Waals surface area contributed by atoms with Crippen LogP contribution in [-0.4, -0.2) is 21.1 Å².